The van der Waals surface area contributed by atoms with Gasteiger partial charge in [-0.05, 0) is 50.5 Å². The van der Waals surface area contributed by atoms with Gasteiger partial charge in [-0.25, -0.2) is 9.59 Å². The van der Waals surface area contributed by atoms with Crippen LogP contribution in [-0.4, -0.2) is 64.9 Å². The van der Waals surface area contributed by atoms with Crippen LogP contribution in [0.4, 0.5) is 4.79 Å². The fraction of sp³-hybridized carbons (Fsp3) is 0.412. The molecule has 0 aliphatic rings. The molecule has 0 aromatic heterocycles. The van der Waals surface area contributed by atoms with Crippen LogP contribution in [0.5, 0.6) is 11.5 Å². The van der Waals surface area contributed by atoms with Crippen LogP contribution in [0.3, 0.4) is 0 Å². The van der Waals surface area contributed by atoms with Gasteiger partial charge in [0, 0.05) is 24.9 Å². The third-order valence-electron chi connectivity index (χ3n) is 6.99. The minimum Gasteiger partial charge on any atom is -0.503 e. The highest BCUT2D eigenvalue weighted by Gasteiger charge is 2.30. The van der Waals surface area contributed by atoms with Crippen LogP contribution in [0.2, 0.25) is 0 Å². The smallest absolute Gasteiger partial charge is 0.408 e. The Kier molecular flexibility index (Phi) is 12.6. The summed E-state index contributed by atoms with van der Waals surface area (Å²) >= 11 is 0. The van der Waals surface area contributed by atoms with Crippen molar-refractivity contribution in [2.45, 2.75) is 77.5 Å². The Labute approximate surface area is 272 Å². The monoisotopic (exact) mass is 651 g/mol. The number of alkyl carbamates (subject to hydrolysis) is 1. The largest absolute Gasteiger partial charge is 0.503 e. The Morgan fingerprint density at radius 1 is 0.851 bits per heavy atom. The Morgan fingerprint density at radius 3 is 2.13 bits per heavy atom. The van der Waals surface area contributed by atoms with Gasteiger partial charge in [-0.3, -0.25) is 19.2 Å². The van der Waals surface area contributed by atoms with Gasteiger partial charge in [-0.15, -0.1) is 0 Å². The van der Waals surface area contributed by atoms with Crippen molar-refractivity contribution >= 4 is 23.9 Å². The molecular weight excluding hydrogens is 610 g/mol. The van der Waals surface area contributed by atoms with E-state index in [1.165, 1.54) is 18.2 Å². The number of hydrogen-bond acceptors (Lipinski definition) is 9. The van der Waals surface area contributed by atoms with E-state index in [9.17, 15) is 33.9 Å². The van der Waals surface area contributed by atoms with E-state index in [-0.39, 0.29) is 29.7 Å². The number of hydrogen-bond donors (Lipinski definition) is 5. The number of ether oxygens (including phenoxy) is 2. The lowest BCUT2D eigenvalue weighted by Gasteiger charge is -2.25. The summed E-state index contributed by atoms with van der Waals surface area (Å²) in [4.78, 5) is 75.1. The first kappa shape index (κ1) is 36.3. The first-order chi connectivity index (χ1) is 22.2. The number of aliphatic carboxylic acids is 1. The maximum absolute atomic E-state index is 13.7. The third kappa shape index (κ3) is 10.7. The van der Waals surface area contributed by atoms with Crippen LogP contribution in [-0.2, 0) is 32.0 Å². The predicted octanol–water partition coefficient (Wildman–Crippen LogP) is 2.59. The predicted molar refractivity (Wildman–Crippen MR) is 173 cm³/mol. The van der Waals surface area contributed by atoms with Gasteiger partial charge in [-0.1, -0.05) is 56.2 Å². The van der Waals surface area contributed by atoms with Crippen molar-refractivity contribution in [2.24, 2.45) is 0 Å². The highest BCUT2D eigenvalue weighted by Crippen LogP contribution is 2.34. The van der Waals surface area contributed by atoms with E-state index in [0.29, 0.717) is 18.5 Å². The number of carbonyl (C=O) groups is 4. The average Bonchev–Trinajstić information content (AvgIpc) is 3.01. The van der Waals surface area contributed by atoms with Crippen molar-refractivity contribution in [3.8, 4) is 22.6 Å². The molecule has 0 bridgehead atoms. The fourth-order valence-corrected chi connectivity index (χ4v) is 4.73. The van der Waals surface area contributed by atoms with Gasteiger partial charge in [-0.2, -0.15) is 0 Å². The molecule has 0 fully saturated rings. The van der Waals surface area contributed by atoms with E-state index in [4.69, 9.17) is 14.6 Å². The molecule has 5 N–H and O–H groups in total. The van der Waals surface area contributed by atoms with Crippen molar-refractivity contribution < 1.29 is 38.9 Å². The van der Waals surface area contributed by atoms with Crippen LogP contribution in [0.15, 0.2) is 58.1 Å². The molecule has 13 heteroatoms. The van der Waals surface area contributed by atoms with E-state index in [1.807, 2.05) is 13.0 Å². The van der Waals surface area contributed by atoms with Crippen molar-refractivity contribution in [2.75, 3.05) is 13.2 Å². The second kappa shape index (κ2) is 16.4. The molecule has 3 rings (SSSR count). The zero-order valence-corrected chi connectivity index (χ0v) is 26.9. The molecule has 0 aliphatic heterocycles. The molecule has 2 unspecified atom stereocenters. The number of unbranched alkanes of at least 4 members (excludes halogenated alkanes) is 2. The minimum absolute atomic E-state index is 0.0344. The lowest BCUT2D eigenvalue weighted by atomic mass is 9.94. The molecule has 0 radical (unpaired) electrons. The normalized spacial score (nSPS) is 12.5. The van der Waals surface area contributed by atoms with Crippen molar-refractivity contribution in [1.29, 1.82) is 0 Å². The van der Waals surface area contributed by atoms with Crippen molar-refractivity contribution in [1.82, 2.24) is 16.0 Å². The van der Waals surface area contributed by atoms with E-state index < -0.39 is 64.8 Å². The maximum atomic E-state index is 13.7. The average molecular weight is 652 g/mol. The standard InChI is InChI=1S/C34H41N3O10/c1-5-6-10-15-35-31(43)23(36-32(44)24(17-20-11-8-7-9-12-20)37-33(45)47-34(2,3)4)18-21-13-14-25(46-19-26(38)39)22(16-21)27-28(40)30(42)29(27)41/h7-9,11-14,16,23-24,40H,5-6,10,15,17-19H2,1-4H3,(H,35,43)(H,36,44)(H,37,45)(H,38,39). The van der Waals surface area contributed by atoms with Crippen LogP contribution in [0.25, 0.3) is 11.1 Å². The highest BCUT2D eigenvalue weighted by atomic mass is 16.6. The summed E-state index contributed by atoms with van der Waals surface area (Å²) in [5, 5.41) is 27.3. The van der Waals surface area contributed by atoms with Gasteiger partial charge in [0.05, 0.1) is 5.56 Å². The summed E-state index contributed by atoms with van der Waals surface area (Å²) in [5.41, 5.74) is -2.13. The first-order valence-corrected chi connectivity index (χ1v) is 15.3. The number of carboxylic acids is 1. The molecule has 252 valence electrons. The molecule has 0 spiro atoms. The topological polar surface area (TPSA) is 197 Å². The molecule has 0 saturated carbocycles. The molecule has 0 saturated heterocycles. The van der Waals surface area contributed by atoms with Gasteiger partial charge in [0.25, 0.3) is 5.43 Å². The minimum atomic E-state index is -1.29. The second-order valence-corrected chi connectivity index (χ2v) is 12.0. The molecule has 3 aromatic rings. The zero-order chi connectivity index (χ0) is 34.7. The number of nitrogens with one attached hydrogen (secondary N) is 3. The van der Waals surface area contributed by atoms with Crippen molar-refractivity contribution in [3.63, 3.8) is 0 Å². The molecular formula is C34H41N3O10. The number of carboxylic acid groups (broad SMARTS) is 1. The van der Waals surface area contributed by atoms with Crippen LogP contribution >= 0.6 is 0 Å². The Hall–Kier alpha value is -5.20. The van der Waals surface area contributed by atoms with Crippen LogP contribution in [0, 0.1) is 0 Å². The lowest BCUT2D eigenvalue weighted by Crippen LogP contribution is -2.55. The van der Waals surface area contributed by atoms with E-state index in [0.717, 1.165) is 18.4 Å². The Bertz CT molecular complexity index is 1640. The number of rotatable bonds is 16. The summed E-state index contributed by atoms with van der Waals surface area (Å²) in [6.07, 6.45) is 1.68. The number of carbonyl (C=O) groups excluding carboxylic acids is 3. The fourth-order valence-electron chi connectivity index (χ4n) is 4.73. The lowest BCUT2D eigenvalue weighted by molar-refractivity contribution is -0.139. The Balaban J connectivity index is 1.94. The summed E-state index contributed by atoms with van der Waals surface area (Å²) in [7, 11) is 0. The van der Waals surface area contributed by atoms with E-state index in [2.05, 4.69) is 16.0 Å². The molecule has 0 heterocycles. The first-order valence-electron chi connectivity index (χ1n) is 15.3. The van der Waals surface area contributed by atoms with E-state index in [1.54, 1.807) is 45.0 Å². The molecule has 0 aliphatic carbocycles. The van der Waals surface area contributed by atoms with Gasteiger partial charge in [0.2, 0.25) is 17.2 Å². The maximum Gasteiger partial charge on any atom is 0.408 e. The molecule has 2 atom stereocenters. The summed E-state index contributed by atoms with van der Waals surface area (Å²) < 4.78 is 10.7. The quantitative estimate of drug-likeness (QED) is 0.113. The number of amides is 3. The summed E-state index contributed by atoms with van der Waals surface area (Å²) in [6.45, 7) is 6.68. The van der Waals surface area contributed by atoms with Crippen LogP contribution < -0.4 is 31.5 Å². The molecule has 3 amide bonds. The van der Waals surface area contributed by atoms with E-state index >= 15 is 0 Å². The molecule has 47 heavy (non-hydrogen) atoms. The van der Waals surface area contributed by atoms with Crippen LogP contribution in [0.1, 0.15) is 58.1 Å². The third-order valence-corrected chi connectivity index (χ3v) is 6.99. The van der Waals surface area contributed by atoms with Crippen molar-refractivity contribution in [3.05, 3.63) is 80.1 Å². The number of benzene rings is 2. The van der Waals surface area contributed by atoms with Gasteiger partial charge in [0.1, 0.15) is 23.4 Å². The van der Waals surface area contributed by atoms with Gasteiger partial charge in [0.15, 0.2) is 12.4 Å². The molecule has 13 nitrogen and oxygen atoms in total. The number of aromatic hydroxyl groups is 1. The van der Waals surface area contributed by atoms with Gasteiger partial charge < -0.3 is 35.6 Å². The Morgan fingerprint density at radius 2 is 1.51 bits per heavy atom. The zero-order valence-electron chi connectivity index (χ0n) is 26.9. The highest BCUT2D eigenvalue weighted by molar-refractivity contribution is 5.92. The second-order valence-electron chi connectivity index (χ2n) is 12.0. The summed E-state index contributed by atoms with van der Waals surface area (Å²) in [6, 6.07) is 10.9. The molecule has 3 aromatic carbocycles. The van der Waals surface area contributed by atoms with Gasteiger partial charge >= 0.3 is 12.1 Å². The SMILES string of the molecule is CCCCCNC(=O)C(Cc1ccc(OCC(=O)O)c(-c2c(O)c(=O)c2=O)c1)NC(=O)C(Cc1ccccc1)NC(=O)OC(C)(C)C. The summed E-state index contributed by atoms with van der Waals surface area (Å²) in [5.74, 6) is -3.32.